The molecule has 56 heavy (non-hydrogen) atoms. The van der Waals surface area contributed by atoms with Crippen LogP contribution in [0.4, 0.5) is 0 Å². The smallest absolute Gasteiger partial charge is 0.178 e. The van der Waals surface area contributed by atoms with Gasteiger partial charge in [-0.3, -0.25) is 0 Å². The predicted octanol–water partition coefficient (Wildman–Crippen LogP) is 15.3. The molecule has 1 aliphatic carbocycles. The third-order valence-corrected chi connectivity index (χ3v) is 12.6. The molecule has 0 amide bonds. The molecule has 2 heterocycles. The number of benzene rings is 10. The largest absolute Gasteiger partial charge is 0.452 e. The van der Waals surface area contributed by atoms with Crippen LogP contribution in [-0.2, 0) is 6.42 Å². The molecule has 0 bridgehead atoms. The minimum absolute atomic E-state index is 0.240. The van der Waals surface area contributed by atoms with Gasteiger partial charge in [0.2, 0.25) is 0 Å². The van der Waals surface area contributed by atoms with E-state index in [0.717, 1.165) is 45.1 Å². The molecule has 2 aromatic heterocycles. The lowest BCUT2D eigenvalue weighted by Crippen LogP contribution is -2.04. The van der Waals surface area contributed by atoms with Crippen LogP contribution in [0.2, 0.25) is 0 Å². The second-order valence-electron chi connectivity index (χ2n) is 15.5. The number of allylic oxidation sites excluding steroid dienone is 1. The summed E-state index contributed by atoms with van der Waals surface area (Å²) >= 11 is 0. The second kappa shape index (κ2) is 11.2. The number of hydrogen-bond donors (Lipinski definition) is 0. The summed E-state index contributed by atoms with van der Waals surface area (Å²) in [6, 6.07) is 60.1. The molecule has 1 atom stereocenters. The van der Waals surface area contributed by atoms with Crippen molar-refractivity contribution in [1.29, 1.82) is 0 Å². The Balaban J connectivity index is 0.905. The standard InChI is InChI=1S/C54H32O2/c1-3-13-39-35(9-1)37-11-5-7-15-41(37)47-27-31(17-21-43(39)47)33-19-25-51-49(29-33)45-23-24-46-50-30-34(20-26-52(50)56-54(46)53(45)55-51)32-18-22-44-40-14-4-2-10-36(40)38-12-6-8-16-42(38)48(44)28-32/h1-29,34H,30H2. The van der Waals surface area contributed by atoms with Crippen molar-refractivity contribution in [2.24, 2.45) is 0 Å². The minimum Gasteiger partial charge on any atom is -0.452 e. The lowest BCUT2D eigenvalue weighted by Gasteiger charge is -2.19. The Hall–Kier alpha value is -7.16. The van der Waals surface area contributed by atoms with E-state index in [1.807, 2.05) is 0 Å². The fourth-order valence-corrected chi connectivity index (χ4v) is 9.95. The summed E-state index contributed by atoms with van der Waals surface area (Å²) in [4.78, 5) is 0. The monoisotopic (exact) mass is 712 g/mol. The molecule has 260 valence electrons. The minimum atomic E-state index is 0.240. The van der Waals surface area contributed by atoms with Gasteiger partial charge in [-0.2, -0.15) is 0 Å². The SMILES string of the molecule is C1=CC(c2ccc3c4ccccc4c4ccccc4c3c2)Cc2c1oc1c2ccc2c3cc(-c4ccc5c6ccccc6c6ccccc6c5c4)ccc3oc21. The first kappa shape index (κ1) is 30.2. The van der Waals surface area contributed by atoms with Gasteiger partial charge in [-0.05, 0) is 130 Å². The van der Waals surface area contributed by atoms with E-state index in [4.69, 9.17) is 8.83 Å². The first-order valence-electron chi connectivity index (χ1n) is 19.5. The van der Waals surface area contributed by atoms with E-state index >= 15 is 0 Å². The lowest BCUT2D eigenvalue weighted by molar-refractivity contribution is 0.581. The molecule has 0 N–H and O–H groups in total. The molecular formula is C54H32O2. The fraction of sp³-hybridized carbons (Fsp3) is 0.0370. The van der Waals surface area contributed by atoms with Crippen LogP contribution in [0.3, 0.4) is 0 Å². The summed E-state index contributed by atoms with van der Waals surface area (Å²) in [5.74, 6) is 1.17. The Morgan fingerprint density at radius 3 is 1.41 bits per heavy atom. The Labute approximate surface area is 321 Å². The third kappa shape index (κ3) is 4.16. The fourth-order valence-electron chi connectivity index (χ4n) is 9.95. The van der Waals surface area contributed by atoms with E-state index in [1.54, 1.807) is 0 Å². The molecule has 12 aromatic rings. The van der Waals surface area contributed by atoms with Crippen LogP contribution in [-0.4, -0.2) is 0 Å². The number of furan rings is 2. The van der Waals surface area contributed by atoms with Gasteiger partial charge in [0.1, 0.15) is 11.3 Å². The van der Waals surface area contributed by atoms with Crippen LogP contribution in [0.25, 0.3) is 115 Å². The van der Waals surface area contributed by atoms with Gasteiger partial charge in [0.05, 0.1) is 0 Å². The zero-order valence-corrected chi connectivity index (χ0v) is 30.3. The molecule has 0 saturated carbocycles. The van der Waals surface area contributed by atoms with Crippen molar-refractivity contribution >= 4 is 104 Å². The van der Waals surface area contributed by atoms with Crippen LogP contribution in [0.1, 0.15) is 22.8 Å². The summed E-state index contributed by atoms with van der Waals surface area (Å²) < 4.78 is 13.3. The van der Waals surface area contributed by atoms with Crippen LogP contribution >= 0.6 is 0 Å². The van der Waals surface area contributed by atoms with Crippen LogP contribution < -0.4 is 0 Å². The molecule has 1 aliphatic rings. The molecule has 0 aliphatic heterocycles. The van der Waals surface area contributed by atoms with E-state index < -0.39 is 0 Å². The highest BCUT2D eigenvalue weighted by Crippen LogP contribution is 2.44. The first-order valence-corrected chi connectivity index (χ1v) is 19.5. The first-order chi connectivity index (χ1) is 27.7. The number of hydrogen-bond acceptors (Lipinski definition) is 2. The van der Waals surface area contributed by atoms with E-state index in [9.17, 15) is 0 Å². The zero-order valence-electron chi connectivity index (χ0n) is 30.3. The molecule has 1 unspecified atom stereocenters. The summed E-state index contributed by atoms with van der Waals surface area (Å²) in [5.41, 5.74) is 7.43. The van der Waals surface area contributed by atoms with Gasteiger partial charge in [0.25, 0.3) is 0 Å². The van der Waals surface area contributed by atoms with Gasteiger partial charge in [0, 0.05) is 27.6 Å². The summed E-state index contributed by atoms with van der Waals surface area (Å²) in [7, 11) is 0. The number of fused-ring (bicyclic) bond motifs is 19. The molecule has 0 spiro atoms. The van der Waals surface area contributed by atoms with E-state index in [0.29, 0.717) is 0 Å². The number of rotatable bonds is 2. The van der Waals surface area contributed by atoms with Gasteiger partial charge in [0.15, 0.2) is 11.2 Å². The third-order valence-electron chi connectivity index (χ3n) is 12.6. The molecule has 10 aromatic carbocycles. The van der Waals surface area contributed by atoms with Gasteiger partial charge in [-0.25, -0.2) is 0 Å². The normalized spacial score (nSPS) is 14.5. The van der Waals surface area contributed by atoms with E-state index in [1.165, 1.54) is 86.9 Å². The van der Waals surface area contributed by atoms with Gasteiger partial charge >= 0.3 is 0 Å². The quantitative estimate of drug-likeness (QED) is 0.167. The van der Waals surface area contributed by atoms with Crippen molar-refractivity contribution in [3.05, 3.63) is 187 Å². The maximum Gasteiger partial charge on any atom is 0.178 e. The highest BCUT2D eigenvalue weighted by atomic mass is 16.4. The summed E-state index contributed by atoms with van der Waals surface area (Å²) in [5, 5.41) is 18.8. The summed E-state index contributed by atoms with van der Waals surface area (Å²) in [6.07, 6.45) is 5.36. The zero-order chi connectivity index (χ0) is 36.5. The highest BCUT2D eigenvalue weighted by Gasteiger charge is 2.25. The lowest BCUT2D eigenvalue weighted by atomic mass is 9.85. The molecule has 0 saturated heterocycles. The Bertz CT molecular complexity index is 3620. The Morgan fingerprint density at radius 2 is 0.804 bits per heavy atom. The van der Waals surface area contributed by atoms with E-state index in [-0.39, 0.29) is 5.92 Å². The predicted molar refractivity (Wildman–Crippen MR) is 236 cm³/mol. The molecule has 2 heteroatoms. The van der Waals surface area contributed by atoms with E-state index in [2.05, 4.69) is 176 Å². The van der Waals surface area contributed by atoms with Crippen molar-refractivity contribution in [2.45, 2.75) is 12.3 Å². The molecule has 0 radical (unpaired) electrons. The van der Waals surface area contributed by atoms with Crippen molar-refractivity contribution in [2.75, 3.05) is 0 Å². The maximum absolute atomic E-state index is 6.65. The molecule has 13 rings (SSSR count). The van der Waals surface area contributed by atoms with Crippen LogP contribution in [0, 0.1) is 0 Å². The van der Waals surface area contributed by atoms with Crippen molar-refractivity contribution < 1.29 is 8.83 Å². The van der Waals surface area contributed by atoms with Gasteiger partial charge in [-0.15, -0.1) is 0 Å². The highest BCUT2D eigenvalue weighted by molar-refractivity contribution is 6.27. The van der Waals surface area contributed by atoms with Crippen molar-refractivity contribution in [3.63, 3.8) is 0 Å². The Morgan fingerprint density at radius 1 is 0.357 bits per heavy atom. The average molecular weight is 713 g/mol. The average Bonchev–Trinajstić information content (AvgIpc) is 3.84. The van der Waals surface area contributed by atoms with Crippen LogP contribution in [0.5, 0.6) is 0 Å². The van der Waals surface area contributed by atoms with Gasteiger partial charge < -0.3 is 8.83 Å². The van der Waals surface area contributed by atoms with Crippen LogP contribution in [0.15, 0.2) is 179 Å². The Kier molecular flexibility index (Phi) is 6.04. The second-order valence-corrected chi connectivity index (χ2v) is 15.5. The molecule has 0 fully saturated rings. The maximum atomic E-state index is 6.65. The topological polar surface area (TPSA) is 26.3 Å². The van der Waals surface area contributed by atoms with Crippen molar-refractivity contribution in [3.8, 4) is 11.1 Å². The molecule has 2 nitrogen and oxygen atoms in total. The summed E-state index contributed by atoms with van der Waals surface area (Å²) in [6.45, 7) is 0. The van der Waals surface area contributed by atoms with Crippen molar-refractivity contribution in [1.82, 2.24) is 0 Å². The molecular weight excluding hydrogens is 681 g/mol. The van der Waals surface area contributed by atoms with Gasteiger partial charge in [-0.1, -0.05) is 133 Å².